The van der Waals surface area contributed by atoms with Gasteiger partial charge in [0.25, 0.3) is 11.2 Å². The molecule has 0 atom stereocenters. The summed E-state index contributed by atoms with van der Waals surface area (Å²) < 4.78 is 6.74. The first-order valence-corrected chi connectivity index (χ1v) is 9.27. The van der Waals surface area contributed by atoms with Crippen LogP contribution in [0.2, 0.25) is 0 Å². The number of carbonyl (C=O) groups excluding carboxylic acids is 1. The summed E-state index contributed by atoms with van der Waals surface area (Å²) in [4.78, 5) is 39.6. The summed E-state index contributed by atoms with van der Waals surface area (Å²) in [5, 5.41) is 11.7. The molecular weight excluding hydrogens is 398 g/mol. The second-order valence-corrected chi connectivity index (χ2v) is 6.91. The average molecular weight is 414 g/mol. The van der Waals surface area contributed by atoms with Crippen molar-refractivity contribution in [3.63, 3.8) is 0 Å². The number of nitro groups is 1. The number of carbonyl (C=O) groups is 1. The molecular formula is C20H16ClN3O5. The van der Waals surface area contributed by atoms with Crippen molar-refractivity contribution >= 4 is 34.0 Å². The van der Waals surface area contributed by atoms with Crippen LogP contribution in [0, 0.1) is 10.1 Å². The number of nitrogens with one attached hydrogen (secondary N) is 1. The van der Waals surface area contributed by atoms with Crippen molar-refractivity contribution in [1.29, 1.82) is 0 Å². The third-order valence-electron chi connectivity index (χ3n) is 5.07. The molecule has 0 radical (unpaired) electrons. The van der Waals surface area contributed by atoms with Crippen LogP contribution < -0.4 is 15.1 Å². The Morgan fingerprint density at radius 3 is 2.62 bits per heavy atom. The van der Waals surface area contributed by atoms with Crippen LogP contribution in [0.15, 0.2) is 41.2 Å². The van der Waals surface area contributed by atoms with Gasteiger partial charge in [-0.3, -0.25) is 19.7 Å². The minimum atomic E-state index is -0.560. The summed E-state index contributed by atoms with van der Waals surface area (Å²) in [6, 6.07) is 9.14. The van der Waals surface area contributed by atoms with Crippen molar-refractivity contribution in [2.75, 3.05) is 13.7 Å². The van der Waals surface area contributed by atoms with Crippen LogP contribution in [0.4, 0.5) is 5.69 Å². The Bertz CT molecular complexity index is 1230. The molecule has 0 aliphatic heterocycles. The molecule has 148 valence electrons. The predicted octanol–water partition coefficient (Wildman–Crippen LogP) is 3.26. The third-order valence-corrected chi connectivity index (χ3v) is 5.26. The number of aromatic nitrogens is 1. The van der Waals surface area contributed by atoms with Crippen molar-refractivity contribution in [2.24, 2.45) is 0 Å². The Labute approximate surface area is 169 Å². The molecule has 0 unspecified atom stereocenters. The number of rotatable bonds is 6. The van der Waals surface area contributed by atoms with Crippen LogP contribution in [-0.2, 0) is 6.54 Å². The van der Waals surface area contributed by atoms with Crippen LogP contribution in [0.25, 0.3) is 22.0 Å². The number of methoxy groups -OCH3 is 1. The Morgan fingerprint density at radius 1 is 1.14 bits per heavy atom. The number of fused-ring (bicyclic) bond motifs is 5. The van der Waals surface area contributed by atoms with E-state index in [0.717, 1.165) is 0 Å². The highest BCUT2D eigenvalue weighted by Gasteiger charge is 2.33. The number of nitrogens with zero attached hydrogens (tertiary/aromatic N) is 2. The topological polar surface area (TPSA) is 103 Å². The highest BCUT2D eigenvalue weighted by Crippen LogP contribution is 2.41. The van der Waals surface area contributed by atoms with Gasteiger partial charge >= 0.3 is 0 Å². The molecule has 1 aromatic heterocycles. The van der Waals surface area contributed by atoms with Crippen LogP contribution in [0.3, 0.4) is 0 Å². The summed E-state index contributed by atoms with van der Waals surface area (Å²) in [5.41, 5.74) is 1.39. The van der Waals surface area contributed by atoms with Crippen LogP contribution >= 0.6 is 11.8 Å². The number of hydrogen-bond acceptors (Lipinski definition) is 6. The molecule has 1 N–H and O–H groups in total. The summed E-state index contributed by atoms with van der Waals surface area (Å²) in [7, 11) is 1.51. The maximum Gasteiger partial charge on any atom is 0.270 e. The molecule has 2 aromatic carbocycles. The monoisotopic (exact) mass is 413 g/mol. The lowest BCUT2D eigenvalue weighted by Crippen LogP contribution is -2.24. The van der Waals surface area contributed by atoms with Gasteiger partial charge in [0.1, 0.15) is 5.75 Å². The summed E-state index contributed by atoms with van der Waals surface area (Å²) in [5.74, 6) is 0.294. The first-order valence-electron chi connectivity index (χ1n) is 8.89. The first kappa shape index (κ1) is 19.1. The molecule has 1 aliphatic carbocycles. The van der Waals surface area contributed by atoms with Gasteiger partial charge in [-0.1, -0.05) is 0 Å². The Kier molecular flexibility index (Phi) is 4.81. The predicted molar refractivity (Wildman–Crippen MR) is 109 cm³/mol. The van der Waals surface area contributed by atoms with E-state index in [1.807, 2.05) is 0 Å². The minimum Gasteiger partial charge on any atom is -0.497 e. The zero-order valence-corrected chi connectivity index (χ0v) is 16.2. The Balaban J connectivity index is 2.06. The smallest absolute Gasteiger partial charge is 0.270 e. The number of non-ortho nitro benzene ring substituents is 1. The number of benzene rings is 2. The van der Waals surface area contributed by atoms with E-state index < -0.39 is 4.92 Å². The van der Waals surface area contributed by atoms with Crippen LogP contribution in [-0.4, -0.2) is 28.9 Å². The number of hydrogen-bond donors (Lipinski definition) is 1. The third kappa shape index (κ3) is 2.97. The Hall–Kier alpha value is -3.23. The highest BCUT2D eigenvalue weighted by molar-refractivity contribution is 6.26. The van der Waals surface area contributed by atoms with E-state index in [9.17, 15) is 19.7 Å². The standard InChI is InChI=1S/C20H16ClN3O5/c1-29-12-4-6-14-15(10-12)19(25)17-13-5-3-11(24(27)28)9-16(13)20(26)23(18(14)17)8-2-7-22-21/h3-6,9-10,22H,2,7-8H2,1H3. The summed E-state index contributed by atoms with van der Waals surface area (Å²) >= 11 is 5.53. The second-order valence-electron chi connectivity index (χ2n) is 6.65. The highest BCUT2D eigenvalue weighted by atomic mass is 35.5. The van der Waals surface area contributed by atoms with Crippen molar-refractivity contribution in [3.8, 4) is 17.0 Å². The summed E-state index contributed by atoms with van der Waals surface area (Å²) in [6.07, 6.45) is 0.538. The molecule has 3 aromatic rings. The zero-order chi connectivity index (χ0) is 20.7. The van der Waals surface area contributed by atoms with Crippen molar-refractivity contribution in [1.82, 2.24) is 9.40 Å². The maximum atomic E-state index is 13.2. The van der Waals surface area contributed by atoms with E-state index in [2.05, 4.69) is 4.84 Å². The molecule has 0 fully saturated rings. The first-order chi connectivity index (χ1) is 14.0. The number of nitro benzene ring substituents is 1. The van der Waals surface area contributed by atoms with Gasteiger partial charge in [-0.25, -0.2) is 4.84 Å². The van der Waals surface area contributed by atoms with Gasteiger partial charge in [-0.2, -0.15) is 0 Å². The Morgan fingerprint density at radius 2 is 1.93 bits per heavy atom. The van der Waals surface area contributed by atoms with Crippen LogP contribution in [0.5, 0.6) is 5.75 Å². The van der Waals surface area contributed by atoms with Gasteiger partial charge in [0.05, 0.1) is 28.7 Å². The van der Waals surface area contributed by atoms with E-state index in [1.54, 1.807) is 18.2 Å². The lowest BCUT2D eigenvalue weighted by Gasteiger charge is -2.15. The quantitative estimate of drug-likeness (QED) is 0.225. The lowest BCUT2D eigenvalue weighted by atomic mass is 10.0. The SMILES string of the molecule is COc1ccc2c(c1)C(=O)c1c-2n(CCCNCl)c(=O)c2cc([N+](=O)[O-])ccc12. The fraction of sp³-hybridized carbons (Fsp3) is 0.200. The number of halogens is 1. The van der Waals surface area contributed by atoms with E-state index in [4.69, 9.17) is 16.5 Å². The minimum absolute atomic E-state index is 0.143. The molecule has 0 saturated carbocycles. The van der Waals surface area contributed by atoms with Gasteiger partial charge in [0, 0.05) is 41.7 Å². The number of pyridine rings is 1. The molecule has 29 heavy (non-hydrogen) atoms. The fourth-order valence-electron chi connectivity index (χ4n) is 3.76. The normalized spacial score (nSPS) is 12.1. The molecule has 1 aliphatic rings. The van der Waals surface area contributed by atoms with Crippen molar-refractivity contribution in [2.45, 2.75) is 13.0 Å². The van der Waals surface area contributed by atoms with Gasteiger partial charge in [0.2, 0.25) is 0 Å². The van der Waals surface area contributed by atoms with E-state index in [1.165, 1.54) is 29.9 Å². The van der Waals surface area contributed by atoms with E-state index >= 15 is 0 Å². The number of ketones is 1. The molecule has 1 heterocycles. The van der Waals surface area contributed by atoms with E-state index in [-0.39, 0.29) is 22.4 Å². The fourth-order valence-corrected chi connectivity index (χ4v) is 3.89. The molecule has 9 heteroatoms. The molecule has 0 bridgehead atoms. The summed E-state index contributed by atoms with van der Waals surface area (Å²) in [6.45, 7) is 0.761. The largest absolute Gasteiger partial charge is 0.497 e. The molecule has 0 spiro atoms. The van der Waals surface area contributed by atoms with E-state index in [0.29, 0.717) is 53.0 Å². The van der Waals surface area contributed by atoms with Gasteiger partial charge < -0.3 is 9.30 Å². The van der Waals surface area contributed by atoms with Crippen LogP contribution in [0.1, 0.15) is 22.3 Å². The van der Waals surface area contributed by atoms with Gasteiger partial charge in [-0.05, 0) is 42.5 Å². The maximum absolute atomic E-state index is 13.2. The molecule has 0 amide bonds. The zero-order valence-electron chi connectivity index (χ0n) is 15.4. The lowest BCUT2D eigenvalue weighted by molar-refractivity contribution is -0.384. The molecule has 0 saturated heterocycles. The number of ether oxygens (including phenoxy) is 1. The average Bonchev–Trinajstić information content (AvgIpc) is 3.02. The molecule has 8 nitrogen and oxygen atoms in total. The van der Waals surface area contributed by atoms with Gasteiger partial charge in [0.15, 0.2) is 5.78 Å². The molecule has 4 rings (SSSR count). The van der Waals surface area contributed by atoms with Crippen molar-refractivity contribution < 1.29 is 14.5 Å². The second kappa shape index (κ2) is 7.31. The van der Waals surface area contributed by atoms with Crippen molar-refractivity contribution in [3.05, 3.63) is 68.0 Å². The van der Waals surface area contributed by atoms with Gasteiger partial charge in [-0.15, -0.1) is 0 Å².